The highest BCUT2D eigenvalue weighted by Crippen LogP contribution is 2.36. The van der Waals surface area contributed by atoms with Crippen LogP contribution in [-0.4, -0.2) is 42.3 Å². The standard InChI is InChI=1S/C24H39NO.C2H2O4/c1-20(2)12-13-22(23-15-18-26-24(3,4)19-23)14-17-25-16-8-11-21-9-6-5-7-10-21;3-1(4)2(5)6/h5-11,20,22-23,25H,12-19H2,1-4H3;(H,3,4)(H,5,6). The maximum absolute atomic E-state index is 9.04. The number of quaternary nitrogens is 1. The lowest BCUT2D eigenvalue weighted by Gasteiger charge is -2.39. The number of aliphatic carboxylic acids is 2. The molecule has 1 aromatic carbocycles. The number of carboxylic acids is 2. The Balaban J connectivity index is 0.000000751. The minimum atomic E-state index is -2.07. The fourth-order valence-electron chi connectivity index (χ4n) is 4.16. The van der Waals surface area contributed by atoms with Crippen LogP contribution in [0, 0.1) is 17.8 Å². The molecule has 0 radical (unpaired) electrons. The summed E-state index contributed by atoms with van der Waals surface area (Å²) in [7, 11) is 0. The van der Waals surface area contributed by atoms with Gasteiger partial charge in [-0.15, -0.1) is 0 Å². The molecule has 1 aliphatic rings. The summed E-state index contributed by atoms with van der Waals surface area (Å²) in [5, 5.41) is 18.8. The molecule has 2 unspecified atom stereocenters. The molecule has 0 spiro atoms. The van der Waals surface area contributed by atoms with Gasteiger partial charge in [-0.3, -0.25) is 0 Å². The van der Waals surface area contributed by atoms with Gasteiger partial charge >= 0.3 is 5.97 Å². The van der Waals surface area contributed by atoms with Gasteiger partial charge in [0.1, 0.15) is 0 Å². The Labute approximate surface area is 193 Å². The summed E-state index contributed by atoms with van der Waals surface area (Å²) >= 11 is 0. The minimum Gasteiger partial charge on any atom is -0.539 e. The molecule has 32 heavy (non-hydrogen) atoms. The van der Waals surface area contributed by atoms with Crippen LogP contribution in [0.25, 0.3) is 6.08 Å². The Morgan fingerprint density at radius 2 is 1.88 bits per heavy atom. The van der Waals surface area contributed by atoms with Crippen molar-refractivity contribution < 1.29 is 29.9 Å². The van der Waals surface area contributed by atoms with Crippen LogP contribution in [-0.2, 0) is 14.3 Å². The fraction of sp³-hybridized carbons (Fsp3) is 0.615. The topological polar surface area (TPSA) is 103 Å². The first-order chi connectivity index (χ1) is 15.1. The normalized spacial score (nSPS) is 18.7. The molecule has 1 fully saturated rings. The van der Waals surface area contributed by atoms with E-state index in [9.17, 15) is 0 Å². The first kappa shape index (κ1) is 27.9. The van der Waals surface area contributed by atoms with Gasteiger partial charge in [0.15, 0.2) is 5.97 Å². The second kappa shape index (κ2) is 14.8. The Morgan fingerprint density at radius 1 is 1.22 bits per heavy atom. The van der Waals surface area contributed by atoms with Gasteiger partial charge in [0, 0.05) is 6.61 Å². The quantitative estimate of drug-likeness (QED) is 0.424. The lowest BCUT2D eigenvalue weighted by atomic mass is 9.75. The van der Waals surface area contributed by atoms with Crippen molar-refractivity contribution in [2.45, 2.75) is 65.4 Å². The second-order valence-corrected chi connectivity index (χ2v) is 9.60. The van der Waals surface area contributed by atoms with Crippen molar-refractivity contribution in [1.29, 1.82) is 0 Å². The molecule has 2 atom stereocenters. The van der Waals surface area contributed by atoms with E-state index in [1.54, 1.807) is 0 Å². The summed E-state index contributed by atoms with van der Waals surface area (Å²) in [4.78, 5) is 18.0. The average Bonchev–Trinajstić information content (AvgIpc) is 2.73. The maximum atomic E-state index is 9.04. The average molecular weight is 448 g/mol. The molecule has 0 bridgehead atoms. The predicted octanol–water partition coefficient (Wildman–Crippen LogP) is 2.73. The second-order valence-electron chi connectivity index (χ2n) is 9.60. The first-order valence-electron chi connectivity index (χ1n) is 11.7. The number of hydrogen-bond donors (Lipinski definition) is 2. The van der Waals surface area contributed by atoms with Crippen molar-refractivity contribution in [3.63, 3.8) is 0 Å². The minimum absolute atomic E-state index is 0.0706. The number of nitrogens with two attached hydrogens (primary N) is 1. The summed E-state index contributed by atoms with van der Waals surface area (Å²) in [5.74, 6) is -1.51. The van der Waals surface area contributed by atoms with Crippen LogP contribution < -0.4 is 10.4 Å². The molecule has 0 aliphatic carbocycles. The van der Waals surface area contributed by atoms with Crippen molar-refractivity contribution in [2.24, 2.45) is 17.8 Å². The third kappa shape index (κ3) is 12.6. The highest BCUT2D eigenvalue weighted by molar-refractivity contribution is 6.26. The van der Waals surface area contributed by atoms with Crippen molar-refractivity contribution in [3.05, 3.63) is 42.0 Å². The van der Waals surface area contributed by atoms with E-state index in [0.29, 0.717) is 0 Å². The van der Waals surface area contributed by atoms with Gasteiger partial charge in [-0.05, 0) is 68.9 Å². The van der Waals surface area contributed by atoms with E-state index in [-0.39, 0.29) is 5.60 Å². The van der Waals surface area contributed by atoms with Gasteiger partial charge in [-0.2, -0.15) is 0 Å². The molecule has 6 nitrogen and oxygen atoms in total. The van der Waals surface area contributed by atoms with Crippen molar-refractivity contribution in [2.75, 3.05) is 19.7 Å². The highest BCUT2D eigenvalue weighted by atomic mass is 16.5. The largest absolute Gasteiger partial charge is 0.539 e. The van der Waals surface area contributed by atoms with E-state index in [0.717, 1.165) is 30.9 Å². The zero-order valence-electron chi connectivity index (χ0n) is 20.1. The lowest BCUT2D eigenvalue weighted by molar-refractivity contribution is -0.647. The van der Waals surface area contributed by atoms with Gasteiger partial charge in [-0.1, -0.05) is 56.7 Å². The summed E-state index contributed by atoms with van der Waals surface area (Å²) in [6.07, 6.45) is 11.1. The number of carboxylic acid groups (broad SMARTS) is 2. The van der Waals surface area contributed by atoms with Gasteiger partial charge in [0.05, 0.1) is 18.7 Å². The van der Waals surface area contributed by atoms with Crippen LogP contribution in [0.1, 0.15) is 65.4 Å². The Hall–Kier alpha value is -2.18. The Morgan fingerprint density at radius 3 is 2.44 bits per heavy atom. The number of carbonyl (C=O) groups excluding carboxylic acids is 1. The van der Waals surface area contributed by atoms with Crippen molar-refractivity contribution in [1.82, 2.24) is 0 Å². The number of hydrogen-bond acceptors (Lipinski definition) is 4. The van der Waals surface area contributed by atoms with Crippen molar-refractivity contribution in [3.8, 4) is 0 Å². The predicted molar refractivity (Wildman–Crippen MR) is 125 cm³/mol. The maximum Gasteiger partial charge on any atom is 0.351 e. The molecule has 1 aliphatic heterocycles. The van der Waals surface area contributed by atoms with Crippen LogP contribution in [0.3, 0.4) is 0 Å². The molecule has 0 amide bonds. The van der Waals surface area contributed by atoms with Gasteiger partial charge in [-0.25, -0.2) is 4.79 Å². The zero-order chi connectivity index (χ0) is 24.0. The summed E-state index contributed by atoms with van der Waals surface area (Å²) in [6, 6.07) is 10.6. The van der Waals surface area contributed by atoms with E-state index in [1.165, 1.54) is 44.2 Å². The van der Waals surface area contributed by atoms with E-state index in [1.807, 2.05) is 0 Å². The number of benzene rings is 1. The van der Waals surface area contributed by atoms with Gasteiger partial charge in [0.2, 0.25) is 0 Å². The SMILES string of the molecule is CC(C)CCC(CC[NH2+]CC=Cc1ccccc1)C1CCOC(C)(C)C1.O=C([O-])C(=O)O. The van der Waals surface area contributed by atoms with Crippen LogP contribution in [0.2, 0.25) is 0 Å². The Bertz CT molecular complexity index is 687. The lowest BCUT2D eigenvalue weighted by Crippen LogP contribution is -2.84. The Kier molecular flexibility index (Phi) is 12.9. The molecule has 0 saturated carbocycles. The molecule has 180 valence electrons. The third-order valence-electron chi connectivity index (χ3n) is 5.85. The van der Waals surface area contributed by atoms with Gasteiger partial charge in [0.25, 0.3) is 0 Å². The zero-order valence-corrected chi connectivity index (χ0v) is 20.1. The molecular formula is C26H41NO5. The molecule has 0 aromatic heterocycles. The van der Waals surface area contributed by atoms with Crippen LogP contribution in [0.15, 0.2) is 36.4 Å². The molecule has 3 N–H and O–H groups in total. The molecular weight excluding hydrogens is 406 g/mol. The first-order valence-corrected chi connectivity index (χ1v) is 11.7. The smallest absolute Gasteiger partial charge is 0.351 e. The van der Waals surface area contributed by atoms with E-state index in [2.05, 4.69) is 75.5 Å². The highest BCUT2D eigenvalue weighted by Gasteiger charge is 2.33. The van der Waals surface area contributed by atoms with E-state index < -0.39 is 11.9 Å². The molecule has 6 heteroatoms. The summed E-state index contributed by atoms with van der Waals surface area (Å²) in [6.45, 7) is 12.5. The molecule has 1 heterocycles. The van der Waals surface area contributed by atoms with Crippen LogP contribution in [0.5, 0.6) is 0 Å². The van der Waals surface area contributed by atoms with Crippen molar-refractivity contribution >= 4 is 18.0 Å². The molecule has 1 saturated heterocycles. The third-order valence-corrected chi connectivity index (χ3v) is 5.85. The summed E-state index contributed by atoms with van der Waals surface area (Å²) in [5.41, 5.74) is 1.36. The number of carbonyl (C=O) groups is 2. The summed E-state index contributed by atoms with van der Waals surface area (Å²) < 4.78 is 5.95. The van der Waals surface area contributed by atoms with E-state index in [4.69, 9.17) is 24.5 Å². The fourth-order valence-corrected chi connectivity index (χ4v) is 4.16. The van der Waals surface area contributed by atoms with Gasteiger partial charge < -0.3 is 25.1 Å². The number of ether oxygens (including phenoxy) is 1. The van der Waals surface area contributed by atoms with Crippen LogP contribution in [0.4, 0.5) is 0 Å². The molecule has 2 rings (SSSR count). The number of rotatable bonds is 10. The van der Waals surface area contributed by atoms with E-state index >= 15 is 0 Å². The molecule has 1 aromatic rings. The van der Waals surface area contributed by atoms with Crippen LogP contribution >= 0.6 is 0 Å². The monoisotopic (exact) mass is 447 g/mol.